The maximum Gasteiger partial charge on any atom is 0.228 e. The van der Waals surface area contributed by atoms with Crippen LogP contribution in [0.1, 0.15) is 11.1 Å². The molecule has 1 amide bonds. The van der Waals surface area contributed by atoms with E-state index in [0.717, 1.165) is 26.9 Å². The molecule has 135 valence electrons. The SMILES string of the molecule is O=C(Cc1ccccc1Cl)Nc1cc(Br)cc(S[B]Cc2ccccc2)c1. The standard InChI is InChI=1S/C21H17BBrClNOS/c23-17-11-18(25-21(26)10-16-8-4-5-9-20(16)24)13-19(12-17)27-22-14-15-6-2-1-3-7-15/h1-9,11-13H,10,14H2,(H,25,26). The average Bonchev–Trinajstić information content (AvgIpc) is 2.64. The van der Waals surface area contributed by atoms with Crippen LogP contribution in [0.25, 0.3) is 0 Å². The minimum absolute atomic E-state index is 0.0922. The zero-order valence-electron chi connectivity index (χ0n) is 14.5. The normalized spacial score (nSPS) is 10.4. The van der Waals surface area contributed by atoms with E-state index in [2.05, 4.69) is 39.9 Å². The van der Waals surface area contributed by atoms with Crippen molar-refractivity contribution < 1.29 is 4.79 Å². The molecule has 1 radical (unpaired) electrons. The number of anilines is 1. The van der Waals surface area contributed by atoms with E-state index < -0.39 is 0 Å². The summed E-state index contributed by atoms with van der Waals surface area (Å²) < 4.78 is 0.925. The third-order valence-corrected chi connectivity index (χ3v) is 5.51. The first kappa shape index (κ1) is 20.1. The van der Waals surface area contributed by atoms with Gasteiger partial charge >= 0.3 is 0 Å². The largest absolute Gasteiger partial charge is 0.326 e. The highest BCUT2D eigenvalue weighted by atomic mass is 79.9. The van der Waals surface area contributed by atoms with Crippen LogP contribution >= 0.6 is 39.1 Å². The first-order valence-corrected chi connectivity index (χ1v) is 10.5. The van der Waals surface area contributed by atoms with Gasteiger partial charge in [0.15, 0.2) is 0 Å². The number of hydrogen-bond acceptors (Lipinski definition) is 2. The van der Waals surface area contributed by atoms with Crippen molar-refractivity contribution in [1.29, 1.82) is 0 Å². The second-order valence-corrected chi connectivity index (χ2v) is 8.33. The zero-order chi connectivity index (χ0) is 19.1. The number of halogens is 2. The number of benzene rings is 3. The highest BCUT2D eigenvalue weighted by molar-refractivity contribution is 9.10. The van der Waals surface area contributed by atoms with E-state index in [4.69, 9.17) is 11.6 Å². The van der Waals surface area contributed by atoms with E-state index >= 15 is 0 Å². The van der Waals surface area contributed by atoms with Crippen LogP contribution in [0.5, 0.6) is 0 Å². The monoisotopic (exact) mass is 456 g/mol. The van der Waals surface area contributed by atoms with Gasteiger partial charge in [-0.05, 0) is 41.0 Å². The van der Waals surface area contributed by atoms with E-state index in [-0.39, 0.29) is 12.3 Å². The number of carbonyl (C=O) groups excluding carboxylic acids is 1. The van der Waals surface area contributed by atoms with Crippen LogP contribution in [0.15, 0.2) is 82.2 Å². The molecule has 0 saturated heterocycles. The van der Waals surface area contributed by atoms with E-state index in [9.17, 15) is 4.79 Å². The van der Waals surface area contributed by atoms with Crippen molar-refractivity contribution in [2.45, 2.75) is 17.6 Å². The zero-order valence-corrected chi connectivity index (χ0v) is 17.7. The van der Waals surface area contributed by atoms with Gasteiger partial charge in [0.2, 0.25) is 12.5 Å². The Morgan fingerprint density at radius 1 is 1.04 bits per heavy atom. The average molecular weight is 458 g/mol. The summed E-state index contributed by atoms with van der Waals surface area (Å²) in [5.41, 5.74) is 2.85. The van der Waals surface area contributed by atoms with Crippen LogP contribution in [-0.4, -0.2) is 12.5 Å². The number of amides is 1. The summed E-state index contributed by atoms with van der Waals surface area (Å²) in [6.45, 7) is 2.16. The lowest BCUT2D eigenvalue weighted by molar-refractivity contribution is -0.115. The molecule has 0 aliphatic heterocycles. The van der Waals surface area contributed by atoms with E-state index in [1.807, 2.05) is 54.6 Å². The predicted molar refractivity (Wildman–Crippen MR) is 120 cm³/mol. The van der Waals surface area contributed by atoms with Gasteiger partial charge in [-0.25, -0.2) is 0 Å². The van der Waals surface area contributed by atoms with Crippen molar-refractivity contribution in [3.63, 3.8) is 0 Å². The Bertz CT molecular complexity index is 923. The van der Waals surface area contributed by atoms with Gasteiger partial charge in [0.05, 0.1) is 6.42 Å². The quantitative estimate of drug-likeness (QED) is 0.428. The molecule has 0 aliphatic rings. The topological polar surface area (TPSA) is 29.1 Å². The summed E-state index contributed by atoms with van der Waals surface area (Å²) in [5.74, 6) is -0.0922. The number of rotatable bonds is 7. The van der Waals surface area contributed by atoms with E-state index in [0.29, 0.717) is 5.02 Å². The van der Waals surface area contributed by atoms with Crippen LogP contribution in [0.4, 0.5) is 5.69 Å². The molecule has 3 aromatic carbocycles. The molecule has 3 aromatic rings. The summed E-state index contributed by atoms with van der Waals surface area (Å²) in [4.78, 5) is 13.4. The summed E-state index contributed by atoms with van der Waals surface area (Å²) in [5, 5.41) is 3.56. The minimum Gasteiger partial charge on any atom is -0.326 e. The molecule has 0 unspecified atom stereocenters. The fourth-order valence-corrected chi connectivity index (χ4v) is 4.28. The lowest BCUT2D eigenvalue weighted by Crippen LogP contribution is -2.14. The Morgan fingerprint density at radius 3 is 2.56 bits per heavy atom. The van der Waals surface area contributed by atoms with Crippen LogP contribution in [0, 0.1) is 0 Å². The van der Waals surface area contributed by atoms with Crippen LogP contribution in [-0.2, 0) is 17.5 Å². The third kappa shape index (κ3) is 6.45. The van der Waals surface area contributed by atoms with Gasteiger partial charge in [-0.15, -0.1) is 0 Å². The number of hydrogen-bond donors (Lipinski definition) is 1. The molecule has 0 bridgehead atoms. The number of nitrogens with one attached hydrogen (secondary N) is 1. The lowest BCUT2D eigenvalue weighted by Gasteiger charge is -2.09. The molecule has 3 rings (SSSR count). The molecule has 1 N–H and O–H groups in total. The summed E-state index contributed by atoms with van der Waals surface area (Å²) in [6.07, 6.45) is 1.13. The molecule has 0 aromatic heterocycles. The molecule has 0 atom stereocenters. The second kappa shape index (κ2) is 10.0. The van der Waals surface area contributed by atoms with Crippen molar-refractivity contribution >= 4 is 57.3 Å². The fourth-order valence-electron chi connectivity index (χ4n) is 2.57. The van der Waals surface area contributed by atoms with Gasteiger partial charge in [0.1, 0.15) is 0 Å². The predicted octanol–water partition coefficient (Wildman–Crippen LogP) is 6.20. The van der Waals surface area contributed by atoms with Gasteiger partial charge in [-0.1, -0.05) is 81.6 Å². The highest BCUT2D eigenvalue weighted by Gasteiger charge is 2.09. The van der Waals surface area contributed by atoms with Crippen molar-refractivity contribution in [3.8, 4) is 0 Å². The molecular formula is C21H17BBrClNOS. The summed E-state index contributed by atoms with van der Waals surface area (Å²) >= 11 is 11.3. The van der Waals surface area contributed by atoms with Crippen LogP contribution in [0.2, 0.25) is 5.02 Å². The Kier molecular flexibility index (Phi) is 7.45. The molecule has 0 heterocycles. The maximum absolute atomic E-state index is 12.4. The van der Waals surface area contributed by atoms with Gasteiger partial charge in [0, 0.05) is 15.2 Å². The fraction of sp³-hybridized carbons (Fsp3) is 0.0952. The first-order valence-electron chi connectivity index (χ1n) is 8.46. The number of carbonyl (C=O) groups is 1. The van der Waals surface area contributed by atoms with Crippen LogP contribution in [0.3, 0.4) is 0 Å². The maximum atomic E-state index is 12.4. The molecule has 0 saturated carbocycles. The molecule has 2 nitrogen and oxygen atoms in total. The summed E-state index contributed by atoms with van der Waals surface area (Å²) in [7, 11) is 0. The summed E-state index contributed by atoms with van der Waals surface area (Å²) in [6, 6.07) is 23.6. The molecule has 0 spiro atoms. The molecular weight excluding hydrogens is 440 g/mol. The van der Waals surface area contributed by atoms with Gasteiger partial charge in [-0.2, -0.15) is 11.6 Å². The van der Waals surface area contributed by atoms with Gasteiger partial charge < -0.3 is 5.32 Å². The second-order valence-electron chi connectivity index (χ2n) is 5.97. The Hall–Kier alpha value is -1.69. The first-order chi connectivity index (χ1) is 13.1. The van der Waals surface area contributed by atoms with Crippen molar-refractivity contribution in [2.24, 2.45) is 0 Å². The molecule has 27 heavy (non-hydrogen) atoms. The molecule has 0 aliphatic carbocycles. The highest BCUT2D eigenvalue weighted by Crippen LogP contribution is 2.27. The Morgan fingerprint density at radius 2 is 1.78 bits per heavy atom. The van der Waals surface area contributed by atoms with Crippen molar-refractivity contribution in [1.82, 2.24) is 0 Å². The van der Waals surface area contributed by atoms with E-state index in [1.165, 1.54) is 5.56 Å². The van der Waals surface area contributed by atoms with Gasteiger partial charge in [0.25, 0.3) is 0 Å². The van der Waals surface area contributed by atoms with Gasteiger partial charge in [-0.3, -0.25) is 4.79 Å². The van der Waals surface area contributed by atoms with Crippen molar-refractivity contribution in [2.75, 3.05) is 5.32 Å². The Labute approximate surface area is 178 Å². The van der Waals surface area contributed by atoms with Crippen molar-refractivity contribution in [3.05, 3.63) is 93.4 Å². The van der Waals surface area contributed by atoms with Crippen LogP contribution < -0.4 is 5.32 Å². The molecule has 0 fully saturated rings. The minimum atomic E-state index is -0.0922. The molecule has 6 heteroatoms. The Balaban J connectivity index is 1.59. The van der Waals surface area contributed by atoms with E-state index in [1.54, 1.807) is 17.7 Å². The lowest BCUT2D eigenvalue weighted by atomic mass is 9.95. The third-order valence-electron chi connectivity index (χ3n) is 3.85. The smallest absolute Gasteiger partial charge is 0.228 e.